The third-order valence-corrected chi connectivity index (χ3v) is 8.98. The maximum atomic E-state index is 14.8. The van der Waals surface area contributed by atoms with Gasteiger partial charge in [0.1, 0.15) is 22.6 Å². The van der Waals surface area contributed by atoms with Crippen LogP contribution in [-0.4, -0.2) is 58.2 Å². The number of rotatable bonds is 11. The molecule has 0 radical (unpaired) electrons. The van der Waals surface area contributed by atoms with Gasteiger partial charge in [0.15, 0.2) is 17.2 Å². The van der Waals surface area contributed by atoms with Crippen LogP contribution in [0.25, 0.3) is 22.2 Å². The van der Waals surface area contributed by atoms with Crippen LogP contribution in [0.1, 0.15) is 51.7 Å². The van der Waals surface area contributed by atoms with Crippen LogP contribution in [0.2, 0.25) is 5.02 Å². The number of nitrogens with zero attached hydrogens (tertiary/aromatic N) is 3. The maximum absolute atomic E-state index is 14.8. The van der Waals surface area contributed by atoms with Crippen LogP contribution in [0.15, 0.2) is 66.9 Å². The fraction of sp³-hybridized carbons (Fsp3) is 0.257. The Morgan fingerprint density at radius 1 is 1.12 bits per heavy atom. The summed E-state index contributed by atoms with van der Waals surface area (Å²) in [5.41, 5.74) is 3.87. The van der Waals surface area contributed by atoms with Crippen molar-refractivity contribution in [1.82, 2.24) is 20.1 Å². The van der Waals surface area contributed by atoms with Crippen LogP contribution in [0.3, 0.4) is 0 Å². The standard InChI is InChI=1S/C35H29ClF3N5O7/c1-3-49-29-22(31(40)45)15-25(42-28(29)21-9-10-23-30(26(21)36)51-35(38,39)50-23)34(47,20-7-5-4-6-8-20)17-41-32(46)18-13-19-16-44(33(37)11-12-33)43-27(19)24(14-18)48-2/h4-10,13-16,47H,3,11-12,17H2,1-2H3,(H2,40,45)(H,41,46)/t34-/m1/s1. The molecular formula is C35H29ClF3N5O7. The SMILES string of the molecule is CCOc1c(C(N)=O)cc([C@@](O)(CNC(=O)c2cc(OC)c3nn(C4(F)CC4)cc3c2)c2ccccc2)nc1-c1ccc2c(c1Cl)OC(F)(F)O2. The maximum Gasteiger partial charge on any atom is 0.586 e. The molecule has 0 unspecified atom stereocenters. The van der Waals surface area contributed by atoms with Gasteiger partial charge in [0, 0.05) is 35.6 Å². The third kappa shape index (κ3) is 6.01. The van der Waals surface area contributed by atoms with E-state index >= 15 is 0 Å². The Balaban J connectivity index is 1.32. The fourth-order valence-corrected chi connectivity index (χ4v) is 6.14. The highest BCUT2D eigenvalue weighted by molar-refractivity contribution is 6.35. The van der Waals surface area contributed by atoms with Crippen molar-refractivity contribution in [3.05, 3.63) is 94.3 Å². The Hall–Kier alpha value is -5.54. The van der Waals surface area contributed by atoms with Crippen LogP contribution >= 0.6 is 11.6 Å². The van der Waals surface area contributed by atoms with Gasteiger partial charge < -0.3 is 35.1 Å². The molecule has 0 bridgehead atoms. The molecule has 51 heavy (non-hydrogen) atoms. The van der Waals surface area contributed by atoms with Gasteiger partial charge in [0.05, 0.1) is 36.5 Å². The van der Waals surface area contributed by atoms with Crippen molar-refractivity contribution >= 4 is 34.3 Å². The Morgan fingerprint density at radius 2 is 1.86 bits per heavy atom. The van der Waals surface area contributed by atoms with Crippen LogP contribution in [0.4, 0.5) is 13.2 Å². The number of amides is 2. The Morgan fingerprint density at radius 3 is 2.53 bits per heavy atom. The summed E-state index contributed by atoms with van der Waals surface area (Å²) in [6.07, 6.45) is -1.83. The highest BCUT2D eigenvalue weighted by Crippen LogP contribution is 2.51. The third-order valence-electron chi connectivity index (χ3n) is 8.60. The van der Waals surface area contributed by atoms with Crippen LogP contribution in [0.5, 0.6) is 23.0 Å². The summed E-state index contributed by atoms with van der Waals surface area (Å²) in [7, 11) is 1.40. The summed E-state index contributed by atoms with van der Waals surface area (Å²) in [4.78, 5) is 31.2. The number of alkyl halides is 3. The van der Waals surface area contributed by atoms with Crippen LogP contribution in [-0.2, 0) is 11.4 Å². The summed E-state index contributed by atoms with van der Waals surface area (Å²) < 4.78 is 64.3. The van der Waals surface area contributed by atoms with Gasteiger partial charge in [-0.25, -0.2) is 14.1 Å². The number of primary amides is 1. The molecule has 4 N–H and O–H groups in total. The number of aromatic nitrogens is 3. The van der Waals surface area contributed by atoms with E-state index in [0.29, 0.717) is 23.7 Å². The zero-order chi connectivity index (χ0) is 36.3. The summed E-state index contributed by atoms with van der Waals surface area (Å²) in [6.45, 7) is 1.17. The number of carbonyl (C=O) groups excluding carboxylic acids is 2. The van der Waals surface area contributed by atoms with E-state index in [1.165, 1.54) is 48.3 Å². The lowest BCUT2D eigenvalue weighted by Gasteiger charge is -2.30. The number of hydrogen-bond acceptors (Lipinski definition) is 9. The van der Waals surface area contributed by atoms with Crippen molar-refractivity contribution in [3.8, 4) is 34.3 Å². The van der Waals surface area contributed by atoms with Gasteiger partial charge in [-0.15, -0.1) is 8.78 Å². The average Bonchev–Trinajstić information content (AvgIpc) is 3.56. The van der Waals surface area contributed by atoms with Gasteiger partial charge in [-0.1, -0.05) is 41.9 Å². The molecule has 2 amide bonds. The van der Waals surface area contributed by atoms with Gasteiger partial charge in [0.2, 0.25) is 5.79 Å². The number of ether oxygens (including phenoxy) is 4. The first-order valence-corrected chi connectivity index (χ1v) is 16.0. The first-order chi connectivity index (χ1) is 24.3. The lowest BCUT2D eigenvalue weighted by molar-refractivity contribution is -0.286. The van der Waals surface area contributed by atoms with Crippen molar-refractivity contribution in [2.75, 3.05) is 20.3 Å². The zero-order valence-electron chi connectivity index (χ0n) is 27.0. The van der Waals surface area contributed by atoms with Gasteiger partial charge >= 0.3 is 6.29 Å². The second-order valence-electron chi connectivity index (χ2n) is 12.0. The van der Waals surface area contributed by atoms with Gasteiger partial charge in [-0.05, 0) is 42.8 Å². The summed E-state index contributed by atoms with van der Waals surface area (Å²) >= 11 is 6.56. The van der Waals surface area contributed by atoms with E-state index in [0.717, 1.165) is 0 Å². The molecule has 1 saturated carbocycles. The molecule has 2 aliphatic rings. The van der Waals surface area contributed by atoms with Crippen LogP contribution in [0, 0.1) is 0 Å². The fourth-order valence-electron chi connectivity index (χ4n) is 5.86. The van der Waals surface area contributed by atoms with Crippen molar-refractivity contribution in [1.29, 1.82) is 0 Å². The molecule has 2 aromatic heterocycles. The molecule has 7 rings (SSSR count). The second-order valence-corrected chi connectivity index (χ2v) is 12.3. The first-order valence-electron chi connectivity index (χ1n) is 15.7. The second kappa shape index (κ2) is 12.3. The first kappa shape index (κ1) is 33.9. The predicted molar refractivity (Wildman–Crippen MR) is 177 cm³/mol. The summed E-state index contributed by atoms with van der Waals surface area (Å²) in [5, 5.41) is 19.7. The number of pyridine rings is 1. The molecule has 12 nitrogen and oxygen atoms in total. The van der Waals surface area contributed by atoms with Crippen molar-refractivity contribution in [2.45, 2.75) is 37.5 Å². The molecule has 16 heteroatoms. The molecule has 3 heterocycles. The molecule has 0 spiro atoms. The van der Waals surface area contributed by atoms with Crippen molar-refractivity contribution in [3.63, 3.8) is 0 Å². The average molecular weight is 724 g/mol. The van der Waals surface area contributed by atoms with Gasteiger partial charge in [0.25, 0.3) is 11.8 Å². The molecule has 1 atom stereocenters. The van der Waals surface area contributed by atoms with Gasteiger partial charge in [-0.3, -0.25) is 9.59 Å². The minimum Gasteiger partial charge on any atom is -0.494 e. The molecule has 1 aliphatic carbocycles. The lowest BCUT2D eigenvalue weighted by Crippen LogP contribution is -2.42. The zero-order valence-corrected chi connectivity index (χ0v) is 27.8. The minimum atomic E-state index is -3.98. The van der Waals surface area contributed by atoms with E-state index in [-0.39, 0.29) is 62.5 Å². The quantitative estimate of drug-likeness (QED) is 0.156. The molecule has 1 fully saturated rings. The number of halogens is 4. The molecule has 1 aliphatic heterocycles. The van der Waals surface area contributed by atoms with E-state index in [9.17, 15) is 27.9 Å². The number of carbonyl (C=O) groups is 2. The number of fused-ring (bicyclic) bond motifs is 2. The van der Waals surface area contributed by atoms with E-state index in [4.69, 9.17) is 26.8 Å². The van der Waals surface area contributed by atoms with E-state index in [2.05, 4.69) is 24.9 Å². The van der Waals surface area contributed by atoms with Crippen molar-refractivity contribution in [2.24, 2.45) is 5.73 Å². The summed E-state index contributed by atoms with van der Waals surface area (Å²) in [6, 6.07) is 14.8. The number of benzene rings is 3. The molecule has 3 aromatic carbocycles. The monoisotopic (exact) mass is 723 g/mol. The molecule has 0 saturated heterocycles. The largest absolute Gasteiger partial charge is 0.586 e. The lowest BCUT2D eigenvalue weighted by atomic mass is 9.88. The minimum absolute atomic E-state index is 0.00818. The number of hydrogen-bond donors (Lipinski definition) is 3. The Labute approximate surface area is 292 Å². The summed E-state index contributed by atoms with van der Waals surface area (Å²) in [5.74, 6) is -3.89. The van der Waals surface area contributed by atoms with Crippen molar-refractivity contribution < 1.29 is 46.8 Å². The van der Waals surface area contributed by atoms with Crippen LogP contribution < -0.4 is 30.0 Å². The number of nitrogens with one attached hydrogen (secondary N) is 1. The van der Waals surface area contributed by atoms with E-state index < -0.39 is 41.8 Å². The topological polar surface area (TPSA) is 160 Å². The Kier molecular flexibility index (Phi) is 8.22. The van der Waals surface area contributed by atoms with E-state index in [1.807, 2.05) is 0 Å². The highest BCUT2D eigenvalue weighted by Gasteiger charge is 2.47. The smallest absolute Gasteiger partial charge is 0.494 e. The molecular weight excluding hydrogens is 695 g/mol. The van der Waals surface area contributed by atoms with Gasteiger partial charge in [-0.2, -0.15) is 5.10 Å². The van der Waals surface area contributed by atoms with E-state index in [1.54, 1.807) is 37.3 Å². The number of methoxy groups -OCH3 is 1. The normalized spacial score (nSPS) is 16.4. The molecule has 5 aromatic rings. The molecule has 264 valence electrons. The number of aliphatic hydroxyl groups is 1. The Bertz CT molecular complexity index is 2210. The predicted octanol–water partition coefficient (Wildman–Crippen LogP) is 5.66. The number of nitrogens with two attached hydrogens (primary N) is 1. The highest BCUT2D eigenvalue weighted by atomic mass is 35.5.